The van der Waals surface area contributed by atoms with Crippen LogP contribution in [0.2, 0.25) is 0 Å². The zero-order valence-electron chi connectivity index (χ0n) is 7.91. The lowest BCUT2D eigenvalue weighted by atomic mass is 10.0. The molecule has 0 heterocycles. The second kappa shape index (κ2) is 6.04. The fourth-order valence-electron chi connectivity index (χ4n) is 1.10. The van der Waals surface area contributed by atoms with Gasteiger partial charge in [-0.05, 0) is 40.3 Å². The molecule has 1 rings (SSSR count). The van der Waals surface area contributed by atoms with Crippen molar-refractivity contribution in [2.45, 2.75) is 18.3 Å². The van der Waals surface area contributed by atoms with Gasteiger partial charge < -0.3 is 10.8 Å². The largest absolute Gasteiger partial charge is 0.416 e. The summed E-state index contributed by atoms with van der Waals surface area (Å²) in [5.41, 5.74) is 5.59. The van der Waals surface area contributed by atoms with Gasteiger partial charge >= 0.3 is 6.18 Å². The van der Waals surface area contributed by atoms with Crippen LogP contribution in [0, 0.1) is 3.57 Å². The Balaban J connectivity index is 0.00000225. The van der Waals surface area contributed by atoms with Gasteiger partial charge in [-0.2, -0.15) is 13.2 Å². The number of hydrogen-bond acceptors (Lipinski definition) is 2. The SMILES string of the molecule is Cl.N[C@@H](c1cccc(I)c1)[C@H](O)C(F)(F)F. The molecule has 2 atom stereocenters. The first-order chi connectivity index (χ1) is 6.82. The van der Waals surface area contributed by atoms with Crippen molar-refractivity contribution < 1.29 is 18.3 Å². The summed E-state index contributed by atoms with van der Waals surface area (Å²) < 4.78 is 37.2. The predicted molar refractivity (Wildman–Crippen MR) is 65.4 cm³/mol. The van der Waals surface area contributed by atoms with E-state index in [4.69, 9.17) is 10.8 Å². The number of benzene rings is 1. The van der Waals surface area contributed by atoms with Crippen LogP contribution < -0.4 is 5.73 Å². The van der Waals surface area contributed by atoms with E-state index in [1.807, 2.05) is 22.6 Å². The second-order valence-corrected chi connectivity index (χ2v) is 4.31. The standard InChI is InChI=1S/C9H9F3INO.ClH/c10-9(11,12)8(15)7(14)5-2-1-3-6(13)4-5;/h1-4,7-8,15H,14H2;1H/t7-,8-;/m0./s1. The molecule has 1 aromatic carbocycles. The van der Waals surface area contributed by atoms with Gasteiger partial charge in [-0.1, -0.05) is 12.1 Å². The maximum Gasteiger partial charge on any atom is 0.416 e. The Bertz CT molecular complexity index is 348. The predicted octanol–water partition coefficient (Wildman–Crippen LogP) is 2.64. The molecule has 16 heavy (non-hydrogen) atoms. The van der Waals surface area contributed by atoms with Gasteiger partial charge in [0, 0.05) is 3.57 Å². The van der Waals surface area contributed by atoms with E-state index in [1.165, 1.54) is 12.1 Å². The Morgan fingerprint density at radius 1 is 1.31 bits per heavy atom. The number of aliphatic hydroxyl groups excluding tert-OH is 1. The molecule has 0 fully saturated rings. The Labute approximate surface area is 111 Å². The molecule has 1 aromatic rings. The van der Waals surface area contributed by atoms with Gasteiger partial charge in [0.25, 0.3) is 0 Å². The van der Waals surface area contributed by atoms with Crippen molar-refractivity contribution in [2.24, 2.45) is 5.73 Å². The highest BCUT2D eigenvalue weighted by Crippen LogP contribution is 2.28. The van der Waals surface area contributed by atoms with E-state index in [9.17, 15) is 13.2 Å². The quantitative estimate of drug-likeness (QED) is 0.790. The van der Waals surface area contributed by atoms with E-state index in [1.54, 1.807) is 12.1 Å². The first kappa shape index (κ1) is 16.0. The van der Waals surface area contributed by atoms with Crippen LogP contribution >= 0.6 is 35.0 Å². The minimum Gasteiger partial charge on any atom is -0.382 e. The summed E-state index contributed by atoms with van der Waals surface area (Å²) in [5, 5.41) is 8.95. The lowest BCUT2D eigenvalue weighted by Gasteiger charge is -2.21. The van der Waals surface area contributed by atoms with E-state index < -0.39 is 18.3 Å². The van der Waals surface area contributed by atoms with Gasteiger partial charge in [0.15, 0.2) is 6.10 Å². The van der Waals surface area contributed by atoms with Gasteiger partial charge in [-0.15, -0.1) is 12.4 Å². The molecule has 7 heteroatoms. The number of alkyl halides is 3. The molecular formula is C9H10ClF3INO. The monoisotopic (exact) mass is 367 g/mol. The number of aliphatic hydroxyl groups is 1. The molecule has 0 spiro atoms. The maximum absolute atomic E-state index is 12.2. The van der Waals surface area contributed by atoms with Gasteiger partial charge in [0.2, 0.25) is 0 Å². The molecule has 3 N–H and O–H groups in total. The van der Waals surface area contributed by atoms with Crippen LogP contribution in [-0.2, 0) is 0 Å². The highest BCUT2D eigenvalue weighted by molar-refractivity contribution is 14.1. The summed E-state index contributed by atoms with van der Waals surface area (Å²) in [6.07, 6.45) is -7.23. The molecule has 0 saturated carbocycles. The minimum absolute atomic E-state index is 0. The summed E-state index contributed by atoms with van der Waals surface area (Å²) in [5.74, 6) is 0. The van der Waals surface area contributed by atoms with Gasteiger partial charge in [0.05, 0.1) is 6.04 Å². The van der Waals surface area contributed by atoms with Crippen LogP contribution in [0.1, 0.15) is 11.6 Å². The van der Waals surface area contributed by atoms with Crippen molar-refractivity contribution in [3.63, 3.8) is 0 Å². The number of hydrogen-bond donors (Lipinski definition) is 2. The topological polar surface area (TPSA) is 46.2 Å². The fraction of sp³-hybridized carbons (Fsp3) is 0.333. The summed E-state index contributed by atoms with van der Waals surface area (Å²) in [6.45, 7) is 0. The van der Waals surface area contributed by atoms with Crippen molar-refractivity contribution in [3.05, 3.63) is 33.4 Å². The molecule has 0 aromatic heterocycles. The second-order valence-electron chi connectivity index (χ2n) is 3.07. The lowest BCUT2D eigenvalue weighted by Crippen LogP contribution is -2.38. The molecule has 0 aliphatic heterocycles. The molecular weight excluding hydrogens is 357 g/mol. The van der Waals surface area contributed by atoms with Gasteiger partial charge in [-0.3, -0.25) is 0 Å². The molecule has 92 valence electrons. The maximum atomic E-state index is 12.2. The van der Waals surface area contributed by atoms with Crippen molar-refractivity contribution in [2.75, 3.05) is 0 Å². The molecule has 0 aliphatic carbocycles. The van der Waals surface area contributed by atoms with E-state index >= 15 is 0 Å². The van der Waals surface area contributed by atoms with E-state index in [2.05, 4.69) is 0 Å². The molecule has 0 saturated heterocycles. The van der Waals surface area contributed by atoms with Crippen LogP contribution in [0.3, 0.4) is 0 Å². The third kappa shape index (κ3) is 4.08. The molecule has 0 radical (unpaired) electrons. The lowest BCUT2D eigenvalue weighted by molar-refractivity contribution is -0.210. The third-order valence-electron chi connectivity index (χ3n) is 1.91. The van der Waals surface area contributed by atoms with Gasteiger partial charge in [0.1, 0.15) is 0 Å². The van der Waals surface area contributed by atoms with E-state index in [0.29, 0.717) is 0 Å². The molecule has 0 aliphatic rings. The normalized spacial score (nSPS) is 15.1. The van der Waals surface area contributed by atoms with Crippen molar-refractivity contribution in [3.8, 4) is 0 Å². The van der Waals surface area contributed by atoms with Crippen LogP contribution in [0.15, 0.2) is 24.3 Å². The van der Waals surface area contributed by atoms with Crippen molar-refractivity contribution in [1.82, 2.24) is 0 Å². The highest BCUT2D eigenvalue weighted by atomic mass is 127. The van der Waals surface area contributed by atoms with E-state index in [-0.39, 0.29) is 18.0 Å². The number of rotatable bonds is 2. The van der Waals surface area contributed by atoms with E-state index in [0.717, 1.165) is 3.57 Å². The molecule has 2 nitrogen and oxygen atoms in total. The number of halogens is 5. The average Bonchev–Trinajstić information content (AvgIpc) is 2.14. The van der Waals surface area contributed by atoms with Crippen LogP contribution in [0.4, 0.5) is 13.2 Å². The van der Waals surface area contributed by atoms with Crippen molar-refractivity contribution >= 4 is 35.0 Å². The van der Waals surface area contributed by atoms with Gasteiger partial charge in [-0.25, -0.2) is 0 Å². The smallest absolute Gasteiger partial charge is 0.382 e. The zero-order valence-corrected chi connectivity index (χ0v) is 10.9. The van der Waals surface area contributed by atoms with Crippen LogP contribution in [-0.4, -0.2) is 17.4 Å². The number of nitrogens with two attached hydrogens (primary N) is 1. The zero-order chi connectivity index (χ0) is 11.6. The highest BCUT2D eigenvalue weighted by Gasteiger charge is 2.42. The Morgan fingerprint density at radius 3 is 2.31 bits per heavy atom. The fourth-order valence-corrected chi connectivity index (χ4v) is 1.67. The van der Waals surface area contributed by atoms with Crippen molar-refractivity contribution in [1.29, 1.82) is 0 Å². The summed E-state index contributed by atoms with van der Waals surface area (Å²) >= 11 is 1.96. The van der Waals surface area contributed by atoms with Crippen LogP contribution in [0.25, 0.3) is 0 Å². The Hall–Kier alpha value is -0.0500. The molecule has 0 bridgehead atoms. The third-order valence-corrected chi connectivity index (χ3v) is 2.58. The summed E-state index contributed by atoms with van der Waals surface area (Å²) in [7, 11) is 0. The Morgan fingerprint density at radius 2 is 1.88 bits per heavy atom. The molecule has 0 amide bonds. The summed E-state index contributed by atoms with van der Waals surface area (Å²) in [6, 6.07) is 4.86. The summed E-state index contributed by atoms with van der Waals surface area (Å²) in [4.78, 5) is 0. The Kier molecular flexibility index (Phi) is 6.02. The first-order valence-electron chi connectivity index (χ1n) is 4.08. The first-order valence-corrected chi connectivity index (χ1v) is 5.16. The van der Waals surface area contributed by atoms with Crippen LogP contribution in [0.5, 0.6) is 0 Å². The molecule has 0 unspecified atom stereocenters. The minimum atomic E-state index is -4.69. The average molecular weight is 368 g/mol.